The Morgan fingerprint density at radius 2 is 1.49 bits per heavy atom. The maximum atomic E-state index is 13.5. The number of pyridine rings is 1. The molecule has 2 aromatic carbocycles. The fourth-order valence-electron chi connectivity index (χ4n) is 5.38. The molecule has 2 aliphatic heterocycles. The van der Waals surface area contributed by atoms with Crippen LogP contribution in [0.5, 0.6) is 0 Å². The van der Waals surface area contributed by atoms with E-state index in [4.69, 9.17) is 0 Å². The third-order valence-corrected chi connectivity index (χ3v) is 7.52. The standard InChI is InChI=1S/C29H32N4O4/c34-27-19-25(23-7-3-1-4-8-23)13-16-31(27)20-22-11-14-30(15-12-22)28(35)33-18-17-32(29(36)37)21-26(33)24-9-5-2-6-10-24/h1-10,13,16,19,22,26H,11-12,14-15,17-18,20-21H2,(H,36,37)/t26-/m0/s1. The van der Waals surface area contributed by atoms with Gasteiger partial charge in [0.05, 0.1) is 6.04 Å². The van der Waals surface area contributed by atoms with Crippen LogP contribution in [0.2, 0.25) is 0 Å². The molecule has 0 bridgehead atoms. The number of piperidine rings is 1. The minimum atomic E-state index is -0.958. The Morgan fingerprint density at radius 1 is 0.811 bits per heavy atom. The van der Waals surface area contributed by atoms with E-state index < -0.39 is 6.09 Å². The minimum Gasteiger partial charge on any atom is -0.465 e. The lowest BCUT2D eigenvalue weighted by Crippen LogP contribution is -2.56. The summed E-state index contributed by atoms with van der Waals surface area (Å²) in [5.41, 5.74) is 2.87. The van der Waals surface area contributed by atoms with E-state index in [0.717, 1.165) is 29.5 Å². The molecule has 1 aromatic heterocycles. The van der Waals surface area contributed by atoms with Gasteiger partial charge in [0.25, 0.3) is 5.56 Å². The Balaban J connectivity index is 1.21. The summed E-state index contributed by atoms with van der Waals surface area (Å²) in [7, 11) is 0. The van der Waals surface area contributed by atoms with Gasteiger partial charge < -0.3 is 24.4 Å². The number of carbonyl (C=O) groups is 2. The summed E-state index contributed by atoms with van der Waals surface area (Å²) in [6.07, 6.45) is 2.56. The number of rotatable bonds is 4. The van der Waals surface area contributed by atoms with E-state index in [9.17, 15) is 19.5 Å². The van der Waals surface area contributed by atoms with Crippen molar-refractivity contribution in [3.05, 3.63) is 94.9 Å². The Kier molecular flexibility index (Phi) is 7.25. The molecule has 2 saturated heterocycles. The molecule has 0 aliphatic carbocycles. The van der Waals surface area contributed by atoms with Crippen molar-refractivity contribution in [2.45, 2.75) is 25.4 Å². The second-order valence-corrected chi connectivity index (χ2v) is 9.83. The summed E-state index contributed by atoms with van der Waals surface area (Å²) in [6, 6.07) is 22.8. The van der Waals surface area contributed by atoms with E-state index in [1.165, 1.54) is 4.90 Å². The number of aromatic nitrogens is 1. The number of hydrogen-bond acceptors (Lipinski definition) is 3. The van der Waals surface area contributed by atoms with Crippen LogP contribution in [0.25, 0.3) is 11.1 Å². The van der Waals surface area contributed by atoms with Crippen molar-refractivity contribution < 1.29 is 14.7 Å². The van der Waals surface area contributed by atoms with Crippen LogP contribution in [0.1, 0.15) is 24.4 Å². The van der Waals surface area contributed by atoms with Crippen LogP contribution in [-0.4, -0.2) is 69.2 Å². The molecule has 3 aromatic rings. The fourth-order valence-corrected chi connectivity index (χ4v) is 5.38. The molecule has 0 spiro atoms. The van der Waals surface area contributed by atoms with E-state index >= 15 is 0 Å². The van der Waals surface area contributed by atoms with Crippen LogP contribution in [-0.2, 0) is 6.54 Å². The summed E-state index contributed by atoms with van der Waals surface area (Å²) >= 11 is 0. The first kappa shape index (κ1) is 24.6. The highest BCUT2D eigenvalue weighted by atomic mass is 16.4. The second kappa shape index (κ2) is 10.9. The van der Waals surface area contributed by atoms with Gasteiger partial charge in [0.2, 0.25) is 0 Å². The van der Waals surface area contributed by atoms with Crippen molar-refractivity contribution >= 4 is 12.1 Å². The van der Waals surface area contributed by atoms with Crippen molar-refractivity contribution in [1.82, 2.24) is 19.3 Å². The van der Waals surface area contributed by atoms with Crippen molar-refractivity contribution in [1.29, 1.82) is 0 Å². The van der Waals surface area contributed by atoms with Gasteiger partial charge in [-0.15, -0.1) is 0 Å². The number of benzene rings is 2. The second-order valence-electron chi connectivity index (χ2n) is 9.83. The van der Waals surface area contributed by atoms with E-state index in [0.29, 0.717) is 38.6 Å². The molecule has 5 rings (SSSR count). The number of piperazine rings is 1. The topological polar surface area (TPSA) is 86.1 Å². The molecule has 37 heavy (non-hydrogen) atoms. The van der Waals surface area contributed by atoms with Crippen LogP contribution in [0.15, 0.2) is 83.8 Å². The molecule has 1 N–H and O–H groups in total. The highest BCUT2D eigenvalue weighted by Crippen LogP contribution is 2.28. The first-order valence-electron chi connectivity index (χ1n) is 12.8. The molecule has 2 fully saturated rings. The highest BCUT2D eigenvalue weighted by molar-refractivity contribution is 5.76. The molecule has 3 amide bonds. The number of urea groups is 1. The van der Waals surface area contributed by atoms with Gasteiger partial charge in [-0.2, -0.15) is 0 Å². The molecular weight excluding hydrogens is 468 g/mol. The lowest BCUT2D eigenvalue weighted by atomic mass is 9.96. The van der Waals surface area contributed by atoms with E-state index in [1.807, 2.05) is 82.7 Å². The van der Waals surface area contributed by atoms with Gasteiger partial charge in [-0.05, 0) is 41.5 Å². The Labute approximate surface area is 216 Å². The molecular formula is C29H32N4O4. The number of nitrogens with zero attached hydrogens (tertiary/aromatic N) is 4. The summed E-state index contributed by atoms with van der Waals surface area (Å²) < 4.78 is 1.77. The quantitative estimate of drug-likeness (QED) is 0.576. The molecule has 0 radical (unpaired) electrons. The number of carbonyl (C=O) groups excluding carboxylic acids is 1. The van der Waals surface area contributed by atoms with Gasteiger partial charge >= 0.3 is 12.1 Å². The summed E-state index contributed by atoms with van der Waals surface area (Å²) in [4.78, 5) is 43.0. The molecule has 0 saturated carbocycles. The Morgan fingerprint density at radius 3 is 2.14 bits per heavy atom. The largest absolute Gasteiger partial charge is 0.465 e. The predicted molar refractivity (Wildman–Crippen MR) is 141 cm³/mol. The molecule has 1 atom stereocenters. The van der Waals surface area contributed by atoms with Gasteiger partial charge in [0.1, 0.15) is 0 Å². The minimum absolute atomic E-state index is 0.0122. The Bertz CT molecular complexity index is 1290. The van der Waals surface area contributed by atoms with Crippen LogP contribution < -0.4 is 5.56 Å². The number of likely N-dealkylation sites (tertiary alicyclic amines) is 1. The van der Waals surface area contributed by atoms with Gasteiger partial charge in [-0.25, -0.2) is 9.59 Å². The molecule has 0 unspecified atom stereocenters. The third-order valence-electron chi connectivity index (χ3n) is 7.52. The smallest absolute Gasteiger partial charge is 0.407 e. The van der Waals surface area contributed by atoms with Crippen molar-refractivity contribution in [3.8, 4) is 11.1 Å². The molecule has 8 heteroatoms. The maximum absolute atomic E-state index is 13.5. The summed E-state index contributed by atoms with van der Waals surface area (Å²) in [5, 5.41) is 9.51. The average Bonchev–Trinajstić information content (AvgIpc) is 2.95. The fraction of sp³-hybridized carbons (Fsp3) is 0.345. The maximum Gasteiger partial charge on any atom is 0.407 e. The summed E-state index contributed by atoms with van der Waals surface area (Å²) in [5.74, 6) is 0.318. The predicted octanol–water partition coefficient (Wildman–Crippen LogP) is 4.38. The molecule has 3 heterocycles. The summed E-state index contributed by atoms with van der Waals surface area (Å²) in [6.45, 7) is 2.84. The number of carboxylic acid groups (broad SMARTS) is 1. The highest BCUT2D eigenvalue weighted by Gasteiger charge is 2.36. The van der Waals surface area contributed by atoms with Crippen molar-refractivity contribution in [2.75, 3.05) is 32.7 Å². The van der Waals surface area contributed by atoms with Gasteiger partial charge in [-0.1, -0.05) is 60.7 Å². The normalized spacial score (nSPS) is 18.6. The zero-order valence-electron chi connectivity index (χ0n) is 20.8. The van der Waals surface area contributed by atoms with Crippen LogP contribution in [0, 0.1) is 5.92 Å². The lowest BCUT2D eigenvalue weighted by molar-refractivity contribution is 0.0629. The van der Waals surface area contributed by atoms with Gasteiger partial charge in [-0.3, -0.25) is 4.79 Å². The van der Waals surface area contributed by atoms with E-state index in [-0.39, 0.29) is 24.2 Å². The van der Waals surface area contributed by atoms with Crippen LogP contribution >= 0.6 is 0 Å². The van der Waals surface area contributed by atoms with Crippen molar-refractivity contribution in [2.24, 2.45) is 5.92 Å². The lowest BCUT2D eigenvalue weighted by Gasteiger charge is -2.44. The first-order chi connectivity index (χ1) is 18.0. The molecule has 8 nitrogen and oxygen atoms in total. The molecule has 192 valence electrons. The number of amides is 3. The zero-order chi connectivity index (χ0) is 25.8. The third kappa shape index (κ3) is 5.53. The van der Waals surface area contributed by atoms with E-state index in [1.54, 1.807) is 10.6 Å². The zero-order valence-corrected chi connectivity index (χ0v) is 20.8. The van der Waals surface area contributed by atoms with Crippen molar-refractivity contribution in [3.63, 3.8) is 0 Å². The van der Waals surface area contributed by atoms with Gasteiger partial charge in [0.15, 0.2) is 0 Å². The average molecular weight is 501 g/mol. The van der Waals surface area contributed by atoms with Gasteiger partial charge in [0, 0.05) is 51.5 Å². The van der Waals surface area contributed by atoms with Crippen LogP contribution in [0.4, 0.5) is 9.59 Å². The van der Waals surface area contributed by atoms with E-state index in [2.05, 4.69) is 0 Å². The SMILES string of the molecule is O=C(O)N1CCN(C(=O)N2CCC(Cn3ccc(-c4ccccc4)cc3=O)CC2)[C@H](c2ccccc2)C1. The molecule has 2 aliphatic rings. The first-order valence-corrected chi connectivity index (χ1v) is 12.8. The monoisotopic (exact) mass is 500 g/mol. The number of hydrogen-bond donors (Lipinski definition) is 1. The Hall–Kier alpha value is -4.07. The van der Waals surface area contributed by atoms with Crippen LogP contribution in [0.3, 0.4) is 0 Å².